The Morgan fingerprint density at radius 3 is 2.13 bits per heavy atom. The summed E-state index contributed by atoms with van der Waals surface area (Å²) in [4.78, 5) is 19.4. The molecule has 5 heterocycles. The fourth-order valence-corrected chi connectivity index (χ4v) is 7.12. The topological polar surface area (TPSA) is 56.5 Å². The average molecular weight is 600 g/mol. The first-order valence-corrected chi connectivity index (χ1v) is 15.7. The lowest BCUT2D eigenvalue weighted by atomic mass is 9.99. The summed E-state index contributed by atoms with van der Waals surface area (Å²) >= 11 is 0. The molecule has 10 aromatic rings. The maximum absolute atomic E-state index is 5.09. The van der Waals surface area contributed by atoms with E-state index in [9.17, 15) is 0 Å². The van der Waals surface area contributed by atoms with Gasteiger partial charge in [-0.1, -0.05) is 72.8 Å². The van der Waals surface area contributed by atoms with Gasteiger partial charge in [0.15, 0.2) is 0 Å². The predicted molar refractivity (Wildman–Crippen MR) is 193 cm³/mol. The molecule has 0 N–H and O–H groups in total. The van der Waals surface area contributed by atoms with Gasteiger partial charge in [-0.25, -0.2) is 9.97 Å². The largest absolute Gasteiger partial charge is 0.294 e. The molecule has 0 aliphatic rings. The van der Waals surface area contributed by atoms with Crippen molar-refractivity contribution in [1.82, 2.24) is 24.5 Å². The third-order valence-electron chi connectivity index (χ3n) is 9.30. The summed E-state index contributed by atoms with van der Waals surface area (Å²) < 4.78 is 2.28. The predicted octanol–water partition coefficient (Wildman–Crippen LogP) is 10.3. The molecule has 218 valence electrons. The van der Waals surface area contributed by atoms with Crippen LogP contribution in [0.5, 0.6) is 0 Å². The summed E-state index contributed by atoms with van der Waals surface area (Å²) in [5.74, 6) is 0.866. The number of nitrogens with zero attached hydrogens (tertiary/aromatic N) is 5. The van der Waals surface area contributed by atoms with Crippen LogP contribution in [-0.4, -0.2) is 24.5 Å². The zero-order valence-corrected chi connectivity index (χ0v) is 25.2. The van der Waals surface area contributed by atoms with Gasteiger partial charge >= 0.3 is 0 Å². The molecule has 0 spiro atoms. The average Bonchev–Trinajstić information content (AvgIpc) is 3.48. The number of fused-ring (bicyclic) bond motifs is 9. The highest BCUT2D eigenvalue weighted by atomic mass is 15.1. The molecular formula is C42H25N5. The van der Waals surface area contributed by atoms with E-state index in [-0.39, 0.29) is 0 Å². The quantitative estimate of drug-likeness (QED) is 0.190. The van der Waals surface area contributed by atoms with Gasteiger partial charge < -0.3 is 0 Å². The van der Waals surface area contributed by atoms with Crippen LogP contribution in [0, 0.1) is 0 Å². The minimum atomic E-state index is 0.866. The van der Waals surface area contributed by atoms with E-state index in [4.69, 9.17) is 15.0 Å². The van der Waals surface area contributed by atoms with Crippen molar-refractivity contribution in [3.8, 4) is 28.2 Å². The van der Waals surface area contributed by atoms with Crippen molar-refractivity contribution in [3.05, 3.63) is 152 Å². The summed E-state index contributed by atoms with van der Waals surface area (Å²) in [7, 11) is 0. The molecule has 47 heavy (non-hydrogen) atoms. The molecule has 0 aliphatic heterocycles. The second kappa shape index (κ2) is 10.0. The molecule has 0 amide bonds. The molecule has 0 bridgehead atoms. The van der Waals surface area contributed by atoms with E-state index in [0.29, 0.717) is 0 Å². The van der Waals surface area contributed by atoms with Crippen LogP contribution in [0.1, 0.15) is 0 Å². The summed E-state index contributed by atoms with van der Waals surface area (Å²) in [6.07, 6.45) is 5.63. The molecule has 0 saturated carbocycles. The standard InChI is InChI=1S/C42H25N5/c1-3-10-31-26(7-1)14-19-38-40(31)34-23-28(36-17-13-27-8-2-4-12-35(27)46-36)15-18-37(34)47(38)39-20-16-30(25-45-39)33-24-29-9-5-21-43-41(29)42-32(33)11-6-22-44-42/h1-25H. The van der Waals surface area contributed by atoms with Crippen LogP contribution in [0.4, 0.5) is 0 Å². The lowest BCUT2D eigenvalue weighted by Gasteiger charge is -2.11. The van der Waals surface area contributed by atoms with Crippen molar-refractivity contribution in [2.75, 3.05) is 0 Å². The molecule has 5 aromatic heterocycles. The van der Waals surface area contributed by atoms with Gasteiger partial charge in [-0.3, -0.25) is 14.5 Å². The highest BCUT2D eigenvalue weighted by Gasteiger charge is 2.18. The molecule has 0 saturated heterocycles. The first kappa shape index (κ1) is 25.8. The lowest BCUT2D eigenvalue weighted by Crippen LogP contribution is -1.97. The third kappa shape index (κ3) is 3.97. The van der Waals surface area contributed by atoms with Gasteiger partial charge in [-0.15, -0.1) is 0 Å². The van der Waals surface area contributed by atoms with Gasteiger partial charge in [0.2, 0.25) is 0 Å². The minimum Gasteiger partial charge on any atom is -0.294 e. The smallest absolute Gasteiger partial charge is 0.137 e. The Hall–Kier alpha value is -6.46. The van der Waals surface area contributed by atoms with E-state index in [1.54, 1.807) is 0 Å². The Kier molecular flexibility index (Phi) is 5.51. The number of para-hydroxylation sites is 1. The van der Waals surface area contributed by atoms with E-state index in [2.05, 4.69) is 125 Å². The van der Waals surface area contributed by atoms with Crippen molar-refractivity contribution < 1.29 is 0 Å². The van der Waals surface area contributed by atoms with Gasteiger partial charge in [-0.05, 0) is 77.0 Å². The lowest BCUT2D eigenvalue weighted by molar-refractivity contribution is 1.08. The number of benzene rings is 5. The van der Waals surface area contributed by atoms with E-state index in [1.165, 1.54) is 21.5 Å². The van der Waals surface area contributed by atoms with Crippen LogP contribution in [-0.2, 0) is 0 Å². The number of aromatic nitrogens is 5. The molecule has 0 atom stereocenters. The maximum Gasteiger partial charge on any atom is 0.137 e. The highest BCUT2D eigenvalue weighted by molar-refractivity contribution is 6.22. The van der Waals surface area contributed by atoms with Gasteiger partial charge in [-0.2, -0.15) is 0 Å². The fourth-order valence-electron chi connectivity index (χ4n) is 7.12. The van der Waals surface area contributed by atoms with Gasteiger partial charge in [0.05, 0.1) is 33.3 Å². The first-order valence-electron chi connectivity index (χ1n) is 15.7. The van der Waals surface area contributed by atoms with E-state index < -0.39 is 0 Å². The highest BCUT2D eigenvalue weighted by Crippen LogP contribution is 2.39. The van der Waals surface area contributed by atoms with Gasteiger partial charge in [0.1, 0.15) is 5.82 Å². The van der Waals surface area contributed by atoms with Crippen LogP contribution >= 0.6 is 0 Å². The van der Waals surface area contributed by atoms with Crippen molar-refractivity contribution in [1.29, 1.82) is 0 Å². The van der Waals surface area contributed by atoms with Crippen molar-refractivity contribution in [3.63, 3.8) is 0 Å². The molecule has 5 aromatic carbocycles. The second-order valence-electron chi connectivity index (χ2n) is 11.9. The number of pyridine rings is 4. The Balaban J connectivity index is 1.18. The van der Waals surface area contributed by atoms with Gasteiger partial charge in [0.25, 0.3) is 0 Å². The SMILES string of the molecule is c1ccc2nc(-c3ccc4c(c3)c3c5ccccc5ccc3n4-c3ccc(-c4cc5cccnc5c5ncccc45)cn3)ccc2c1. The first-order chi connectivity index (χ1) is 23.3. The summed E-state index contributed by atoms with van der Waals surface area (Å²) in [5, 5.41) is 8.08. The van der Waals surface area contributed by atoms with Crippen molar-refractivity contribution >= 4 is 65.3 Å². The molecule has 0 fully saturated rings. The van der Waals surface area contributed by atoms with Crippen molar-refractivity contribution in [2.45, 2.75) is 0 Å². The van der Waals surface area contributed by atoms with Crippen LogP contribution in [0.3, 0.4) is 0 Å². The summed E-state index contributed by atoms with van der Waals surface area (Å²) in [6, 6.07) is 46.9. The van der Waals surface area contributed by atoms with Crippen molar-refractivity contribution in [2.24, 2.45) is 0 Å². The van der Waals surface area contributed by atoms with Crippen LogP contribution in [0.25, 0.3) is 93.5 Å². The second-order valence-corrected chi connectivity index (χ2v) is 11.9. The number of rotatable bonds is 3. The Morgan fingerprint density at radius 1 is 0.468 bits per heavy atom. The minimum absolute atomic E-state index is 0.866. The Bertz CT molecular complexity index is 2850. The van der Waals surface area contributed by atoms with Crippen LogP contribution < -0.4 is 0 Å². The molecule has 5 nitrogen and oxygen atoms in total. The number of hydrogen-bond acceptors (Lipinski definition) is 4. The van der Waals surface area contributed by atoms with Gasteiger partial charge in [0, 0.05) is 56.6 Å². The molecule has 0 unspecified atom stereocenters. The third-order valence-corrected chi connectivity index (χ3v) is 9.30. The molecule has 0 radical (unpaired) electrons. The fraction of sp³-hybridized carbons (Fsp3) is 0. The van der Waals surface area contributed by atoms with E-state index >= 15 is 0 Å². The zero-order valence-electron chi connectivity index (χ0n) is 25.2. The Morgan fingerprint density at radius 2 is 1.21 bits per heavy atom. The maximum atomic E-state index is 5.09. The normalized spacial score (nSPS) is 11.8. The molecule has 10 rings (SSSR count). The molecular weight excluding hydrogens is 574 g/mol. The molecule has 0 aliphatic carbocycles. The Labute approximate surface area is 269 Å². The van der Waals surface area contributed by atoms with E-state index in [1.807, 2.05) is 36.8 Å². The monoisotopic (exact) mass is 599 g/mol. The summed E-state index contributed by atoms with van der Waals surface area (Å²) in [5.41, 5.74) is 9.20. The zero-order chi connectivity index (χ0) is 30.9. The van der Waals surface area contributed by atoms with Crippen LogP contribution in [0.2, 0.25) is 0 Å². The van der Waals surface area contributed by atoms with E-state index in [0.717, 1.165) is 71.9 Å². The summed E-state index contributed by atoms with van der Waals surface area (Å²) in [6.45, 7) is 0. The van der Waals surface area contributed by atoms with Crippen LogP contribution in [0.15, 0.2) is 152 Å². The molecule has 5 heteroatoms. The number of hydrogen-bond donors (Lipinski definition) is 0.